The van der Waals surface area contributed by atoms with Crippen LogP contribution in [-0.4, -0.2) is 27.6 Å². The largest absolute Gasteiger partial charge is 0.286 e. The SMILES string of the molecule is CC(C)CC(=O)N(CC(C)C)c1nnc(-c2cccnc2)s1. The molecule has 2 aromatic heterocycles. The number of anilines is 1. The molecule has 2 aromatic rings. The summed E-state index contributed by atoms with van der Waals surface area (Å²) in [6, 6.07) is 3.81. The smallest absolute Gasteiger partial charge is 0.229 e. The van der Waals surface area contributed by atoms with E-state index in [2.05, 4.69) is 29.0 Å². The molecule has 0 aliphatic rings. The molecular weight excluding hydrogens is 296 g/mol. The highest BCUT2D eigenvalue weighted by Crippen LogP contribution is 2.29. The zero-order chi connectivity index (χ0) is 16.1. The van der Waals surface area contributed by atoms with E-state index in [1.165, 1.54) is 11.3 Å². The van der Waals surface area contributed by atoms with Crippen LogP contribution in [-0.2, 0) is 4.79 Å². The van der Waals surface area contributed by atoms with E-state index in [9.17, 15) is 4.79 Å². The molecule has 6 heteroatoms. The molecule has 0 saturated heterocycles. The predicted octanol–water partition coefficient (Wildman–Crippen LogP) is 3.64. The highest BCUT2D eigenvalue weighted by atomic mass is 32.1. The number of carbonyl (C=O) groups excluding carboxylic acids is 1. The van der Waals surface area contributed by atoms with Gasteiger partial charge in [0.25, 0.3) is 0 Å². The Morgan fingerprint density at radius 1 is 1.23 bits per heavy atom. The third-order valence-corrected chi connectivity index (χ3v) is 3.98. The molecule has 0 fully saturated rings. The summed E-state index contributed by atoms with van der Waals surface area (Å²) in [5, 5.41) is 9.88. The molecule has 0 aliphatic carbocycles. The van der Waals surface area contributed by atoms with Gasteiger partial charge in [-0.3, -0.25) is 14.7 Å². The number of nitrogens with zero attached hydrogens (tertiary/aromatic N) is 4. The molecule has 0 spiro atoms. The molecule has 0 unspecified atom stereocenters. The molecular formula is C16H22N4OS. The first-order valence-electron chi connectivity index (χ1n) is 7.51. The maximum Gasteiger partial charge on any atom is 0.229 e. The van der Waals surface area contributed by atoms with Crippen molar-refractivity contribution in [2.75, 3.05) is 11.4 Å². The highest BCUT2D eigenvalue weighted by Gasteiger charge is 2.22. The van der Waals surface area contributed by atoms with E-state index >= 15 is 0 Å². The lowest BCUT2D eigenvalue weighted by Gasteiger charge is -2.22. The number of carbonyl (C=O) groups is 1. The lowest BCUT2D eigenvalue weighted by Crippen LogP contribution is -2.34. The highest BCUT2D eigenvalue weighted by molar-refractivity contribution is 7.18. The van der Waals surface area contributed by atoms with Gasteiger partial charge in [0.1, 0.15) is 0 Å². The molecule has 0 aliphatic heterocycles. The zero-order valence-corrected chi connectivity index (χ0v) is 14.3. The number of aromatic nitrogens is 3. The van der Waals surface area contributed by atoms with E-state index in [0.717, 1.165) is 10.6 Å². The predicted molar refractivity (Wildman–Crippen MR) is 89.8 cm³/mol. The summed E-state index contributed by atoms with van der Waals surface area (Å²) in [5.41, 5.74) is 0.923. The van der Waals surface area contributed by atoms with Gasteiger partial charge in [-0.2, -0.15) is 0 Å². The van der Waals surface area contributed by atoms with Crippen LogP contribution in [0.25, 0.3) is 10.6 Å². The summed E-state index contributed by atoms with van der Waals surface area (Å²) in [4.78, 5) is 18.4. The molecule has 0 aromatic carbocycles. The van der Waals surface area contributed by atoms with Crippen molar-refractivity contribution in [2.24, 2.45) is 11.8 Å². The summed E-state index contributed by atoms with van der Waals surface area (Å²) < 4.78 is 0. The average molecular weight is 318 g/mol. The lowest BCUT2D eigenvalue weighted by molar-refractivity contribution is -0.119. The second-order valence-corrected chi connectivity index (χ2v) is 7.08. The second-order valence-electron chi connectivity index (χ2n) is 6.13. The van der Waals surface area contributed by atoms with Crippen molar-refractivity contribution in [3.63, 3.8) is 0 Å². The summed E-state index contributed by atoms with van der Waals surface area (Å²) in [6.07, 6.45) is 4.00. The van der Waals surface area contributed by atoms with Crippen molar-refractivity contribution in [1.29, 1.82) is 0 Å². The van der Waals surface area contributed by atoms with Crippen molar-refractivity contribution in [1.82, 2.24) is 15.2 Å². The van der Waals surface area contributed by atoms with Gasteiger partial charge in [-0.25, -0.2) is 0 Å². The Morgan fingerprint density at radius 2 is 2.00 bits per heavy atom. The van der Waals surface area contributed by atoms with E-state index in [4.69, 9.17) is 0 Å². The van der Waals surface area contributed by atoms with Gasteiger partial charge in [0, 0.05) is 30.9 Å². The Bertz CT molecular complexity index is 610. The van der Waals surface area contributed by atoms with Gasteiger partial charge in [-0.05, 0) is 24.0 Å². The van der Waals surface area contributed by atoms with Crippen LogP contribution < -0.4 is 4.90 Å². The van der Waals surface area contributed by atoms with E-state index < -0.39 is 0 Å². The van der Waals surface area contributed by atoms with Crippen LogP contribution in [0.3, 0.4) is 0 Å². The minimum atomic E-state index is 0.109. The van der Waals surface area contributed by atoms with Crippen LogP contribution >= 0.6 is 11.3 Å². The minimum absolute atomic E-state index is 0.109. The Kier molecular flexibility index (Phi) is 5.60. The number of amides is 1. The zero-order valence-electron chi connectivity index (χ0n) is 13.5. The van der Waals surface area contributed by atoms with Crippen molar-refractivity contribution in [3.8, 4) is 10.6 Å². The summed E-state index contributed by atoms with van der Waals surface area (Å²) in [6.45, 7) is 8.95. The van der Waals surface area contributed by atoms with Crippen LogP contribution in [0.1, 0.15) is 34.1 Å². The maximum atomic E-state index is 12.5. The topological polar surface area (TPSA) is 59.0 Å². The Balaban J connectivity index is 2.24. The fraction of sp³-hybridized carbons (Fsp3) is 0.500. The van der Waals surface area contributed by atoms with Crippen LogP contribution in [0.2, 0.25) is 0 Å². The van der Waals surface area contributed by atoms with Crippen molar-refractivity contribution in [2.45, 2.75) is 34.1 Å². The van der Waals surface area contributed by atoms with E-state index in [0.29, 0.717) is 29.9 Å². The number of pyridine rings is 1. The molecule has 0 radical (unpaired) electrons. The molecule has 22 heavy (non-hydrogen) atoms. The molecule has 2 rings (SSSR count). The molecule has 1 amide bonds. The maximum absolute atomic E-state index is 12.5. The third-order valence-electron chi connectivity index (χ3n) is 2.99. The standard InChI is InChI=1S/C16H22N4OS/c1-11(2)8-14(21)20(10-12(3)4)16-19-18-15(22-16)13-6-5-7-17-9-13/h5-7,9,11-12H,8,10H2,1-4H3. The first-order chi connectivity index (χ1) is 10.5. The fourth-order valence-corrected chi connectivity index (χ4v) is 2.90. The van der Waals surface area contributed by atoms with Gasteiger partial charge in [0.2, 0.25) is 11.0 Å². The lowest BCUT2D eigenvalue weighted by atomic mass is 10.1. The van der Waals surface area contributed by atoms with Gasteiger partial charge in [-0.1, -0.05) is 39.0 Å². The summed E-state index contributed by atoms with van der Waals surface area (Å²) in [7, 11) is 0. The van der Waals surface area contributed by atoms with Crippen molar-refractivity contribution >= 4 is 22.4 Å². The van der Waals surface area contributed by atoms with Crippen molar-refractivity contribution in [3.05, 3.63) is 24.5 Å². The molecule has 5 nitrogen and oxygen atoms in total. The third kappa shape index (κ3) is 4.34. The number of rotatable bonds is 6. The second kappa shape index (κ2) is 7.45. The first-order valence-corrected chi connectivity index (χ1v) is 8.33. The van der Waals surface area contributed by atoms with Crippen LogP contribution in [0.4, 0.5) is 5.13 Å². The summed E-state index contributed by atoms with van der Waals surface area (Å²) >= 11 is 1.43. The summed E-state index contributed by atoms with van der Waals surface area (Å²) in [5.74, 6) is 0.812. The number of hydrogen-bond donors (Lipinski definition) is 0. The van der Waals surface area contributed by atoms with Crippen LogP contribution in [0, 0.1) is 11.8 Å². The molecule has 118 valence electrons. The van der Waals surface area contributed by atoms with Gasteiger partial charge < -0.3 is 0 Å². The monoisotopic (exact) mass is 318 g/mol. The van der Waals surface area contributed by atoms with E-state index in [-0.39, 0.29) is 5.91 Å². The van der Waals surface area contributed by atoms with Gasteiger partial charge in [-0.15, -0.1) is 10.2 Å². The normalized spacial score (nSPS) is 11.2. The number of hydrogen-bond acceptors (Lipinski definition) is 5. The van der Waals surface area contributed by atoms with Crippen LogP contribution in [0.15, 0.2) is 24.5 Å². The first kappa shape index (κ1) is 16.5. The van der Waals surface area contributed by atoms with Gasteiger partial charge in [0.15, 0.2) is 5.01 Å². The Labute approximate surface area is 135 Å². The Hall–Kier alpha value is -1.82. The van der Waals surface area contributed by atoms with E-state index in [1.54, 1.807) is 17.3 Å². The molecule has 0 saturated carbocycles. The quantitative estimate of drug-likeness (QED) is 0.816. The van der Waals surface area contributed by atoms with Gasteiger partial charge >= 0.3 is 0 Å². The average Bonchev–Trinajstić information content (AvgIpc) is 2.94. The Morgan fingerprint density at radius 3 is 2.59 bits per heavy atom. The van der Waals surface area contributed by atoms with Gasteiger partial charge in [0.05, 0.1) is 0 Å². The van der Waals surface area contributed by atoms with Crippen molar-refractivity contribution < 1.29 is 4.79 Å². The molecule has 0 atom stereocenters. The molecule has 0 N–H and O–H groups in total. The molecule has 0 bridgehead atoms. The fourth-order valence-electron chi connectivity index (χ4n) is 2.04. The molecule has 2 heterocycles. The van der Waals surface area contributed by atoms with Crippen LogP contribution in [0.5, 0.6) is 0 Å². The minimum Gasteiger partial charge on any atom is -0.286 e. The van der Waals surface area contributed by atoms with E-state index in [1.807, 2.05) is 26.0 Å².